The van der Waals surface area contributed by atoms with Crippen molar-refractivity contribution in [2.24, 2.45) is 0 Å². The molecule has 0 fully saturated rings. The molecule has 1 aromatic carbocycles. The molecular weight excluding hydrogens is 290 g/mol. The standard InChI is InChI=1S/C14H18ClN5O/c1-4-16-12-18-13(20-14(19-12)21-9(2)3)17-11-7-5-6-10(15)8-11/h5-9H,4H2,1-3H3,(H2,16,17,18,19,20). The summed E-state index contributed by atoms with van der Waals surface area (Å²) in [5.41, 5.74) is 0.798. The fourth-order valence-electron chi connectivity index (χ4n) is 1.61. The Morgan fingerprint density at radius 2 is 1.95 bits per heavy atom. The van der Waals surface area contributed by atoms with Crippen LogP contribution >= 0.6 is 11.6 Å². The number of ether oxygens (including phenoxy) is 1. The van der Waals surface area contributed by atoms with E-state index in [9.17, 15) is 0 Å². The third-order valence-electron chi connectivity index (χ3n) is 2.37. The second-order valence-electron chi connectivity index (χ2n) is 4.60. The molecule has 2 aromatic rings. The molecule has 0 aliphatic rings. The first kappa shape index (κ1) is 15.3. The normalized spacial score (nSPS) is 10.5. The molecule has 21 heavy (non-hydrogen) atoms. The lowest BCUT2D eigenvalue weighted by Crippen LogP contribution is -2.12. The quantitative estimate of drug-likeness (QED) is 0.851. The minimum atomic E-state index is -0.0131. The van der Waals surface area contributed by atoms with Crippen LogP contribution in [-0.2, 0) is 0 Å². The summed E-state index contributed by atoms with van der Waals surface area (Å²) in [6, 6.07) is 7.60. The van der Waals surface area contributed by atoms with Gasteiger partial charge in [-0.05, 0) is 39.0 Å². The van der Waals surface area contributed by atoms with Gasteiger partial charge in [-0.2, -0.15) is 15.0 Å². The number of rotatable bonds is 6. The summed E-state index contributed by atoms with van der Waals surface area (Å²) >= 11 is 5.96. The lowest BCUT2D eigenvalue weighted by Gasteiger charge is -2.11. The van der Waals surface area contributed by atoms with Crippen LogP contribution < -0.4 is 15.4 Å². The Balaban J connectivity index is 2.26. The molecule has 0 bridgehead atoms. The van der Waals surface area contributed by atoms with E-state index in [4.69, 9.17) is 16.3 Å². The van der Waals surface area contributed by atoms with Crippen molar-refractivity contribution >= 4 is 29.2 Å². The van der Waals surface area contributed by atoms with Crippen LogP contribution in [-0.4, -0.2) is 27.6 Å². The Labute approximate surface area is 128 Å². The third-order valence-corrected chi connectivity index (χ3v) is 2.61. The highest BCUT2D eigenvalue weighted by Gasteiger charge is 2.09. The minimum absolute atomic E-state index is 0.0131. The summed E-state index contributed by atoms with van der Waals surface area (Å²) in [6.07, 6.45) is -0.0131. The number of nitrogens with one attached hydrogen (secondary N) is 2. The number of hydrogen-bond acceptors (Lipinski definition) is 6. The molecule has 0 spiro atoms. The summed E-state index contributed by atoms with van der Waals surface area (Å²) < 4.78 is 5.53. The second kappa shape index (κ2) is 7.08. The first-order valence-corrected chi connectivity index (χ1v) is 7.14. The molecule has 0 amide bonds. The maximum absolute atomic E-state index is 5.96. The van der Waals surface area contributed by atoms with Crippen molar-refractivity contribution in [1.29, 1.82) is 0 Å². The van der Waals surface area contributed by atoms with E-state index in [1.165, 1.54) is 0 Å². The van der Waals surface area contributed by atoms with Crippen molar-refractivity contribution in [3.05, 3.63) is 29.3 Å². The molecule has 0 aliphatic carbocycles. The van der Waals surface area contributed by atoms with Gasteiger partial charge in [0, 0.05) is 17.3 Å². The van der Waals surface area contributed by atoms with Crippen molar-refractivity contribution in [2.45, 2.75) is 26.9 Å². The molecular formula is C14H18ClN5O. The van der Waals surface area contributed by atoms with Crippen LogP contribution in [0, 0.1) is 0 Å². The van der Waals surface area contributed by atoms with Crippen molar-refractivity contribution < 1.29 is 4.74 Å². The Hall–Kier alpha value is -2.08. The van der Waals surface area contributed by atoms with Gasteiger partial charge in [0.25, 0.3) is 0 Å². The van der Waals surface area contributed by atoms with Crippen LogP contribution in [0.3, 0.4) is 0 Å². The van der Waals surface area contributed by atoms with Crippen LogP contribution in [0.4, 0.5) is 17.6 Å². The summed E-state index contributed by atoms with van der Waals surface area (Å²) in [4.78, 5) is 12.7. The van der Waals surface area contributed by atoms with E-state index in [0.717, 1.165) is 5.69 Å². The topological polar surface area (TPSA) is 72.0 Å². The molecule has 7 heteroatoms. The molecule has 1 heterocycles. The summed E-state index contributed by atoms with van der Waals surface area (Å²) in [5, 5.41) is 6.78. The molecule has 0 radical (unpaired) electrons. The molecule has 0 atom stereocenters. The molecule has 0 saturated heterocycles. The summed E-state index contributed by atoms with van der Waals surface area (Å²) in [6.45, 7) is 6.51. The average molecular weight is 308 g/mol. The van der Waals surface area contributed by atoms with Gasteiger partial charge in [-0.25, -0.2) is 0 Å². The van der Waals surface area contributed by atoms with Crippen LogP contribution in [0.1, 0.15) is 20.8 Å². The van der Waals surface area contributed by atoms with E-state index in [0.29, 0.717) is 23.5 Å². The molecule has 1 aromatic heterocycles. The zero-order valence-electron chi connectivity index (χ0n) is 12.2. The number of benzene rings is 1. The smallest absolute Gasteiger partial charge is 0.323 e. The van der Waals surface area contributed by atoms with Crippen molar-refractivity contribution in [3.63, 3.8) is 0 Å². The largest absolute Gasteiger partial charge is 0.461 e. The van der Waals surface area contributed by atoms with Gasteiger partial charge in [0.1, 0.15) is 0 Å². The van der Waals surface area contributed by atoms with Gasteiger partial charge in [-0.3, -0.25) is 0 Å². The molecule has 112 valence electrons. The van der Waals surface area contributed by atoms with Gasteiger partial charge in [0.2, 0.25) is 11.9 Å². The molecule has 0 aliphatic heterocycles. The minimum Gasteiger partial charge on any atom is -0.461 e. The van der Waals surface area contributed by atoms with Crippen LogP contribution in [0.2, 0.25) is 5.02 Å². The van der Waals surface area contributed by atoms with Crippen LogP contribution in [0.15, 0.2) is 24.3 Å². The molecule has 6 nitrogen and oxygen atoms in total. The third kappa shape index (κ3) is 4.75. The van der Waals surface area contributed by atoms with E-state index in [1.807, 2.05) is 32.9 Å². The number of aromatic nitrogens is 3. The van der Waals surface area contributed by atoms with E-state index >= 15 is 0 Å². The molecule has 0 unspecified atom stereocenters. The van der Waals surface area contributed by atoms with Gasteiger partial charge < -0.3 is 15.4 Å². The second-order valence-corrected chi connectivity index (χ2v) is 5.03. The van der Waals surface area contributed by atoms with E-state index < -0.39 is 0 Å². The van der Waals surface area contributed by atoms with E-state index in [-0.39, 0.29) is 12.1 Å². The zero-order chi connectivity index (χ0) is 15.2. The van der Waals surface area contributed by atoms with Gasteiger partial charge in [0.15, 0.2) is 0 Å². The Kier molecular flexibility index (Phi) is 5.16. The molecule has 2 N–H and O–H groups in total. The number of nitrogens with zero attached hydrogens (tertiary/aromatic N) is 3. The number of anilines is 3. The lowest BCUT2D eigenvalue weighted by atomic mass is 10.3. The highest BCUT2D eigenvalue weighted by Crippen LogP contribution is 2.20. The zero-order valence-corrected chi connectivity index (χ0v) is 13.0. The van der Waals surface area contributed by atoms with Crippen molar-refractivity contribution in [2.75, 3.05) is 17.2 Å². The fraction of sp³-hybridized carbons (Fsp3) is 0.357. The summed E-state index contributed by atoms with van der Waals surface area (Å²) in [7, 11) is 0. The maximum atomic E-state index is 5.96. The van der Waals surface area contributed by atoms with Gasteiger partial charge in [0.05, 0.1) is 6.10 Å². The van der Waals surface area contributed by atoms with E-state index in [2.05, 4.69) is 25.6 Å². The SMILES string of the molecule is CCNc1nc(Nc2cccc(Cl)c2)nc(OC(C)C)n1. The first-order chi connectivity index (χ1) is 10.1. The van der Waals surface area contributed by atoms with Gasteiger partial charge in [-0.1, -0.05) is 17.7 Å². The predicted molar refractivity (Wildman–Crippen MR) is 84.5 cm³/mol. The predicted octanol–water partition coefficient (Wildman–Crippen LogP) is 3.49. The molecule has 0 saturated carbocycles. The number of hydrogen-bond donors (Lipinski definition) is 2. The number of halogens is 1. The van der Waals surface area contributed by atoms with Crippen LogP contribution in [0.25, 0.3) is 0 Å². The fourth-order valence-corrected chi connectivity index (χ4v) is 1.80. The Morgan fingerprint density at radius 3 is 2.62 bits per heavy atom. The monoisotopic (exact) mass is 307 g/mol. The highest BCUT2D eigenvalue weighted by molar-refractivity contribution is 6.30. The van der Waals surface area contributed by atoms with E-state index in [1.54, 1.807) is 12.1 Å². The summed E-state index contributed by atoms with van der Waals surface area (Å²) in [5.74, 6) is 0.867. The average Bonchev–Trinajstić information content (AvgIpc) is 2.37. The Morgan fingerprint density at radius 1 is 1.19 bits per heavy atom. The van der Waals surface area contributed by atoms with Gasteiger partial charge >= 0.3 is 6.01 Å². The van der Waals surface area contributed by atoms with Gasteiger partial charge in [-0.15, -0.1) is 0 Å². The molecule has 2 rings (SSSR count). The van der Waals surface area contributed by atoms with Crippen LogP contribution in [0.5, 0.6) is 6.01 Å². The first-order valence-electron chi connectivity index (χ1n) is 6.76. The maximum Gasteiger partial charge on any atom is 0.323 e. The lowest BCUT2D eigenvalue weighted by molar-refractivity contribution is 0.222. The Bertz CT molecular complexity index is 606. The highest BCUT2D eigenvalue weighted by atomic mass is 35.5. The van der Waals surface area contributed by atoms with Crippen molar-refractivity contribution in [3.8, 4) is 6.01 Å². The van der Waals surface area contributed by atoms with Crippen molar-refractivity contribution in [1.82, 2.24) is 15.0 Å².